The minimum absolute atomic E-state index is 0.0450. The Bertz CT molecular complexity index is 493. The Morgan fingerprint density at radius 2 is 2.00 bits per heavy atom. The lowest BCUT2D eigenvalue weighted by atomic mass is 10.1. The Hall–Kier alpha value is -0.480. The molecule has 1 fully saturated rings. The van der Waals surface area contributed by atoms with Gasteiger partial charge < -0.3 is 5.11 Å². The number of nitrogens with zero attached hydrogens (tertiary/aromatic N) is 1. The van der Waals surface area contributed by atoms with Crippen LogP contribution in [0, 0.1) is 0 Å². The van der Waals surface area contributed by atoms with Crippen LogP contribution in [0.1, 0.15) is 24.8 Å². The lowest BCUT2D eigenvalue weighted by molar-refractivity contribution is -0.138. The average molecular weight is 323 g/mol. The number of carboxylic acids is 1. The van der Waals surface area contributed by atoms with Crippen molar-refractivity contribution >= 4 is 40.8 Å². The van der Waals surface area contributed by atoms with Crippen LogP contribution in [0.15, 0.2) is 12.1 Å². The average Bonchev–Trinajstić information content (AvgIpc) is 2.76. The van der Waals surface area contributed by atoms with Crippen LogP contribution in [-0.4, -0.2) is 28.6 Å². The van der Waals surface area contributed by atoms with Gasteiger partial charge in [0.15, 0.2) is 0 Å². The molecule has 1 aromatic rings. The van der Waals surface area contributed by atoms with Crippen molar-refractivity contribution in [3.63, 3.8) is 0 Å². The van der Waals surface area contributed by atoms with Gasteiger partial charge >= 0.3 is 5.97 Å². The lowest BCUT2D eigenvalue weighted by Crippen LogP contribution is -2.31. The summed E-state index contributed by atoms with van der Waals surface area (Å²) in [7, 11) is 0. The monoisotopic (exact) mass is 321 g/mol. The van der Waals surface area contributed by atoms with Crippen molar-refractivity contribution in [1.82, 2.24) is 4.90 Å². The first-order valence-corrected chi connectivity index (χ1v) is 7.20. The van der Waals surface area contributed by atoms with Crippen LogP contribution in [0.25, 0.3) is 0 Å². The predicted octanol–water partition coefficient (Wildman–Crippen LogP) is 4.09. The van der Waals surface area contributed by atoms with E-state index < -0.39 is 5.97 Å². The number of hydrogen-bond acceptors (Lipinski definition) is 2. The van der Waals surface area contributed by atoms with Gasteiger partial charge in [-0.25, -0.2) is 0 Å². The van der Waals surface area contributed by atoms with Gasteiger partial charge in [-0.2, -0.15) is 0 Å². The summed E-state index contributed by atoms with van der Waals surface area (Å²) in [5.41, 5.74) is 0.771. The van der Waals surface area contributed by atoms with Crippen LogP contribution in [0.2, 0.25) is 15.1 Å². The summed E-state index contributed by atoms with van der Waals surface area (Å²) in [5.74, 6) is -0.778. The van der Waals surface area contributed by atoms with E-state index in [1.54, 1.807) is 12.1 Å². The van der Waals surface area contributed by atoms with E-state index in [1.807, 2.05) is 0 Å². The number of hydrogen-bond donors (Lipinski definition) is 1. The van der Waals surface area contributed by atoms with Gasteiger partial charge in [0.2, 0.25) is 0 Å². The molecule has 0 spiro atoms. The highest BCUT2D eigenvalue weighted by Gasteiger charge is 2.27. The van der Waals surface area contributed by atoms with Crippen molar-refractivity contribution in [2.45, 2.75) is 31.8 Å². The van der Waals surface area contributed by atoms with Crippen LogP contribution in [0.3, 0.4) is 0 Å². The number of aliphatic carboxylic acids is 1. The number of likely N-dealkylation sites (tertiary alicyclic amines) is 1. The van der Waals surface area contributed by atoms with Gasteiger partial charge in [-0.3, -0.25) is 9.69 Å². The maximum atomic E-state index is 10.8. The van der Waals surface area contributed by atoms with Crippen molar-refractivity contribution in [2.24, 2.45) is 0 Å². The Balaban J connectivity index is 2.16. The second-order valence-corrected chi connectivity index (χ2v) is 5.88. The molecule has 6 heteroatoms. The topological polar surface area (TPSA) is 40.5 Å². The number of rotatable bonds is 4. The third kappa shape index (κ3) is 3.54. The van der Waals surface area contributed by atoms with Crippen LogP contribution < -0.4 is 0 Å². The van der Waals surface area contributed by atoms with E-state index in [4.69, 9.17) is 39.9 Å². The summed E-state index contributed by atoms with van der Waals surface area (Å²) in [5, 5.41) is 10.4. The molecule has 2 rings (SSSR count). The SMILES string of the molecule is O=C(O)CC1CCCN1Cc1c(Cl)ccc(Cl)c1Cl. The van der Waals surface area contributed by atoms with Crippen molar-refractivity contribution < 1.29 is 9.90 Å². The Kier molecular flexibility index (Phi) is 4.96. The van der Waals surface area contributed by atoms with E-state index >= 15 is 0 Å². The van der Waals surface area contributed by atoms with Crippen LogP contribution in [-0.2, 0) is 11.3 Å². The molecule has 0 amide bonds. The van der Waals surface area contributed by atoms with Crippen molar-refractivity contribution in [2.75, 3.05) is 6.54 Å². The molecule has 1 atom stereocenters. The highest BCUT2D eigenvalue weighted by molar-refractivity contribution is 6.44. The molecule has 1 N–H and O–H groups in total. The maximum Gasteiger partial charge on any atom is 0.304 e. The summed E-state index contributed by atoms with van der Waals surface area (Å²) in [4.78, 5) is 13.0. The van der Waals surface area contributed by atoms with Gasteiger partial charge in [-0.05, 0) is 31.5 Å². The second kappa shape index (κ2) is 6.31. The molecular formula is C13H14Cl3NO2. The first kappa shape index (κ1) is 14.9. The van der Waals surface area contributed by atoms with Gasteiger partial charge in [0.05, 0.1) is 16.5 Å². The molecule has 104 valence electrons. The van der Waals surface area contributed by atoms with Gasteiger partial charge in [-0.15, -0.1) is 0 Å². The molecule has 1 aromatic carbocycles. The van der Waals surface area contributed by atoms with Crippen molar-refractivity contribution in [3.8, 4) is 0 Å². The smallest absolute Gasteiger partial charge is 0.304 e. The van der Waals surface area contributed by atoms with Gasteiger partial charge in [0, 0.05) is 23.2 Å². The molecule has 1 unspecified atom stereocenters. The number of carboxylic acid groups (broad SMARTS) is 1. The molecule has 0 bridgehead atoms. The molecule has 0 saturated carbocycles. The summed E-state index contributed by atoms with van der Waals surface area (Å²) in [6.45, 7) is 1.40. The second-order valence-electron chi connectivity index (χ2n) is 4.69. The molecule has 1 aliphatic rings. The zero-order valence-electron chi connectivity index (χ0n) is 10.2. The van der Waals surface area contributed by atoms with Gasteiger partial charge in [0.1, 0.15) is 0 Å². The number of benzene rings is 1. The third-order valence-electron chi connectivity index (χ3n) is 3.41. The molecule has 3 nitrogen and oxygen atoms in total. The zero-order chi connectivity index (χ0) is 14.0. The molecular weight excluding hydrogens is 309 g/mol. The third-order valence-corrected chi connectivity index (χ3v) is 4.61. The Labute approximate surface area is 127 Å². The van der Waals surface area contributed by atoms with E-state index in [2.05, 4.69) is 4.90 Å². The minimum Gasteiger partial charge on any atom is -0.481 e. The summed E-state index contributed by atoms with van der Waals surface area (Å²) in [6.07, 6.45) is 2.03. The van der Waals surface area contributed by atoms with Gasteiger partial charge in [-0.1, -0.05) is 34.8 Å². The Morgan fingerprint density at radius 3 is 2.68 bits per heavy atom. The molecule has 0 radical (unpaired) electrons. The normalized spacial score (nSPS) is 19.8. The van der Waals surface area contributed by atoms with Gasteiger partial charge in [0.25, 0.3) is 0 Å². The highest BCUT2D eigenvalue weighted by Crippen LogP contribution is 2.34. The summed E-state index contributed by atoms with van der Waals surface area (Å²) < 4.78 is 0. The van der Waals surface area contributed by atoms with Crippen molar-refractivity contribution in [3.05, 3.63) is 32.8 Å². The first-order chi connectivity index (χ1) is 8.99. The van der Waals surface area contributed by atoms with E-state index in [0.29, 0.717) is 21.6 Å². The standard InChI is InChI=1S/C13H14Cl3NO2/c14-10-3-4-11(15)13(16)9(10)7-17-5-1-2-8(17)6-12(18)19/h3-4,8H,1-2,5-7H2,(H,18,19). The quantitative estimate of drug-likeness (QED) is 0.849. The zero-order valence-corrected chi connectivity index (χ0v) is 12.5. The molecule has 0 aromatic heterocycles. The van der Waals surface area contributed by atoms with Crippen LogP contribution in [0.4, 0.5) is 0 Å². The summed E-state index contributed by atoms with van der Waals surface area (Å²) in [6, 6.07) is 3.42. The molecule has 1 aliphatic heterocycles. The lowest BCUT2D eigenvalue weighted by Gasteiger charge is -2.24. The largest absolute Gasteiger partial charge is 0.481 e. The summed E-state index contributed by atoms with van der Waals surface area (Å²) >= 11 is 18.3. The fourth-order valence-electron chi connectivity index (χ4n) is 2.45. The van der Waals surface area contributed by atoms with E-state index in [9.17, 15) is 4.79 Å². The van der Waals surface area contributed by atoms with E-state index in [1.165, 1.54) is 0 Å². The van der Waals surface area contributed by atoms with E-state index in [-0.39, 0.29) is 12.5 Å². The number of carbonyl (C=O) groups is 1. The Morgan fingerprint density at radius 1 is 1.32 bits per heavy atom. The van der Waals surface area contributed by atoms with Crippen LogP contribution >= 0.6 is 34.8 Å². The minimum atomic E-state index is -0.778. The first-order valence-electron chi connectivity index (χ1n) is 6.07. The fraction of sp³-hybridized carbons (Fsp3) is 0.462. The number of halogens is 3. The van der Waals surface area contributed by atoms with Crippen LogP contribution in [0.5, 0.6) is 0 Å². The molecule has 19 heavy (non-hydrogen) atoms. The predicted molar refractivity (Wildman–Crippen MR) is 77.2 cm³/mol. The van der Waals surface area contributed by atoms with E-state index in [0.717, 1.165) is 24.9 Å². The molecule has 1 saturated heterocycles. The fourth-order valence-corrected chi connectivity index (χ4v) is 3.12. The highest BCUT2D eigenvalue weighted by atomic mass is 35.5. The maximum absolute atomic E-state index is 10.8. The van der Waals surface area contributed by atoms with Crippen molar-refractivity contribution in [1.29, 1.82) is 0 Å². The molecule has 1 heterocycles. The molecule has 0 aliphatic carbocycles.